The van der Waals surface area contributed by atoms with Crippen LogP contribution in [0.15, 0.2) is 53.4 Å². The fourth-order valence-corrected chi connectivity index (χ4v) is 3.46. The maximum absolute atomic E-state index is 13.9. The summed E-state index contributed by atoms with van der Waals surface area (Å²) >= 11 is 13.3. The van der Waals surface area contributed by atoms with Crippen molar-refractivity contribution in [1.82, 2.24) is 5.48 Å². The minimum absolute atomic E-state index is 0.0981. The smallest absolute Gasteiger partial charge is 0.265 e. The van der Waals surface area contributed by atoms with Gasteiger partial charge in [0.15, 0.2) is 0 Å². The van der Waals surface area contributed by atoms with Gasteiger partial charge in [-0.1, -0.05) is 35.3 Å². The van der Waals surface area contributed by atoms with Gasteiger partial charge in [-0.15, -0.1) is 11.8 Å². The number of hydrogen-bond acceptors (Lipinski definition) is 3. The molecule has 1 atom stereocenters. The van der Waals surface area contributed by atoms with Crippen LogP contribution in [0.5, 0.6) is 0 Å². The van der Waals surface area contributed by atoms with Crippen LogP contribution in [-0.4, -0.2) is 12.4 Å². The van der Waals surface area contributed by atoms with Gasteiger partial charge in [-0.2, -0.15) is 13.2 Å². The summed E-state index contributed by atoms with van der Waals surface area (Å²) in [6.45, 7) is 0. The number of thioether (sulfide) groups is 1. The van der Waals surface area contributed by atoms with Crippen molar-refractivity contribution < 1.29 is 18.0 Å². The van der Waals surface area contributed by atoms with Gasteiger partial charge in [0.25, 0.3) is 0 Å². The summed E-state index contributed by atoms with van der Waals surface area (Å²) in [7, 11) is 0. The molecule has 1 N–H and O–H groups in total. The summed E-state index contributed by atoms with van der Waals surface area (Å²) in [6.07, 6.45) is -1.79. The van der Waals surface area contributed by atoms with Gasteiger partial charge in [-0.3, -0.25) is 10.3 Å². The third-order valence-corrected chi connectivity index (χ3v) is 4.96. The Bertz CT molecular complexity index is 803. The van der Waals surface area contributed by atoms with Gasteiger partial charge in [-0.25, -0.2) is 0 Å². The van der Waals surface area contributed by atoms with E-state index in [1.165, 1.54) is 18.2 Å². The topological polar surface area (TPSA) is 21.3 Å². The monoisotopic (exact) mass is 405 g/mol. The average molecular weight is 406 g/mol. The molecule has 0 radical (unpaired) electrons. The fourth-order valence-electron chi connectivity index (χ4n) is 2.52. The first-order chi connectivity index (χ1) is 11.7. The minimum Gasteiger partial charge on any atom is -0.265 e. The van der Waals surface area contributed by atoms with Gasteiger partial charge in [0, 0.05) is 20.5 Å². The summed E-state index contributed by atoms with van der Waals surface area (Å²) in [5, 5.41) is 0.196. The normalized spacial score (nSPS) is 20.3. The van der Waals surface area contributed by atoms with E-state index < -0.39 is 11.8 Å². The maximum Gasteiger partial charge on any atom is 0.428 e. The number of rotatable bonds is 3. The lowest BCUT2D eigenvalue weighted by molar-refractivity contribution is -0.269. The quantitative estimate of drug-likeness (QED) is 0.628. The molecule has 0 spiro atoms. The van der Waals surface area contributed by atoms with E-state index in [1.54, 1.807) is 23.9 Å². The van der Waals surface area contributed by atoms with Crippen LogP contribution in [0.1, 0.15) is 11.1 Å². The molecular weight excluding hydrogens is 394 g/mol. The van der Waals surface area contributed by atoms with E-state index >= 15 is 0 Å². The molecule has 2 aromatic carbocycles. The second kappa shape index (κ2) is 6.76. The number of benzene rings is 2. The molecule has 0 aliphatic carbocycles. The molecule has 0 saturated carbocycles. The highest BCUT2D eigenvalue weighted by atomic mass is 35.5. The van der Waals surface area contributed by atoms with Crippen molar-refractivity contribution in [1.29, 1.82) is 0 Å². The van der Waals surface area contributed by atoms with E-state index in [-0.39, 0.29) is 21.3 Å². The highest BCUT2D eigenvalue weighted by Crippen LogP contribution is 2.48. The molecule has 1 unspecified atom stereocenters. The first kappa shape index (κ1) is 18.5. The van der Waals surface area contributed by atoms with Crippen molar-refractivity contribution in [3.63, 3.8) is 0 Å². The molecule has 25 heavy (non-hydrogen) atoms. The number of hydroxylamine groups is 1. The van der Waals surface area contributed by atoms with Gasteiger partial charge in [0.1, 0.15) is 0 Å². The second-order valence-corrected chi connectivity index (χ2v) is 7.13. The van der Waals surface area contributed by atoms with E-state index in [1.807, 2.05) is 18.4 Å². The minimum atomic E-state index is -4.71. The lowest BCUT2D eigenvalue weighted by atomic mass is 9.91. The van der Waals surface area contributed by atoms with Crippen LogP contribution in [0.4, 0.5) is 13.2 Å². The first-order valence-corrected chi connectivity index (χ1v) is 9.08. The van der Waals surface area contributed by atoms with Crippen LogP contribution < -0.4 is 5.48 Å². The second-order valence-electron chi connectivity index (χ2n) is 5.38. The maximum atomic E-state index is 13.9. The third kappa shape index (κ3) is 3.49. The van der Waals surface area contributed by atoms with Crippen molar-refractivity contribution in [3.8, 4) is 0 Å². The largest absolute Gasteiger partial charge is 0.428 e. The predicted molar refractivity (Wildman–Crippen MR) is 94.6 cm³/mol. The summed E-state index contributed by atoms with van der Waals surface area (Å²) in [6, 6.07) is 10.9. The Kier molecular flexibility index (Phi) is 4.99. The van der Waals surface area contributed by atoms with Gasteiger partial charge >= 0.3 is 6.18 Å². The van der Waals surface area contributed by atoms with E-state index in [2.05, 4.69) is 5.48 Å². The predicted octanol–water partition coefficient (Wildman–Crippen LogP) is 6.05. The Morgan fingerprint density at radius 1 is 1.04 bits per heavy atom. The van der Waals surface area contributed by atoms with Crippen LogP contribution in [-0.2, 0) is 10.4 Å². The number of alkyl halides is 3. The molecule has 0 fully saturated rings. The Balaban J connectivity index is 2.10. The molecule has 132 valence electrons. The van der Waals surface area contributed by atoms with Gasteiger partial charge < -0.3 is 0 Å². The standard InChI is InChI=1S/C17H12Cl2F3NOS/c1-25-14-4-2-10(3-5-14)15-9-16(24-23-15,17(20,21)22)11-6-12(18)8-13(19)7-11/h2-9,23H,1H3. The van der Waals surface area contributed by atoms with Crippen LogP contribution in [0, 0.1) is 0 Å². The van der Waals surface area contributed by atoms with Crippen molar-refractivity contribution in [2.24, 2.45) is 0 Å². The molecule has 0 saturated heterocycles. The summed E-state index contributed by atoms with van der Waals surface area (Å²) in [4.78, 5) is 6.04. The third-order valence-electron chi connectivity index (χ3n) is 3.78. The molecule has 1 heterocycles. The zero-order valence-electron chi connectivity index (χ0n) is 12.8. The van der Waals surface area contributed by atoms with Crippen LogP contribution in [0.3, 0.4) is 0 Å². The van der Waals surface area contributed by atoms with Gasteiger partial charge in [0.05, 0.1) is 5.70 Å². The van der Waals surface area contributed by atoms with Crippen LogP contribution in [0.2, 0.25) is 10.0 Å². The van der Waals surface area contributed by atoms with E-state index in [0.717, 1.165) is 11.0 Å². The Hall–Kier alpha value is -1.34. The van der Waals surface area contributed by atoms with Gasteiger partial charge in [-0.05, 0) is 48.2 Å². The van der Waals surface area contributed by atoms with Crippen LogP contribution >= 0.6 is 35.0 Å². The zero-order valence-corrected chi connectivity index (χ0v) is 15.2. The van der Waals surface area contributed by atoms with Crippen molar-refractivity contribution >= 4 is 40.7 Å². The first-order valence-electron chi connectivity index (χ1n) is 7.10. The lowest BCUT2D eigenvalue weighted by Gasteiger charge is -2.28. The highest BCUT2D eigenvalue weighted by molar-refractivity contribution is 7.98. The molecule has 1 aliphatic heterocycles. The SMILES string of the molecule is CSc1ccc(C2=CC(c3cc(Cl)cc(Cl)c3)(C(F)(F)F)ON2)cc1. The average Bonchev–Trinajstić information content (AvgIpc) is 3.00. The molecule has 0 bridgehead atoms. The van der Waals surface area contributed by atoms with Crippen molar-refractivity contribution in [2.45, 2.75) is 16.7 Å². The van der Waals surface area contributed by atoms with Gasteiger partial charge in [0.2, 0.25) is 5.60 Å². The lowest BCUT2D eigenvalue weighted by Crippen LogP contribution is -2.42. The molecule has 1 aliphatic rings. The van der Waals surface area contributed by atoms with Crippen molar-refractivity contribution in [3.05, 3.63) is 69.7 Å². The fraction of sp³-hybridized carbons (Fsp3) is 0.176. The molecule has 0 aromatic heterocycles. The zero-order chi connectivity index (χ0) is 18.2. The number of halogens is 5. The van der Waals surface area contributed by atoms with E-state index in [4.69, 9.17) is 28.0 Å². The van der Waals surface area contributed by atoms with Crippen LogP contribution in [0.25, 0.3) is 5.70 Å². The molecule has 3 rings (SSSR count). The Morgan fingerprint density at radius 3 is 2.16 bits per heavy atom. The Morgan fingerprint density at radius 2 is 1.64 bits per heavy atom. The molecule has 0 amide bonds. The highest BCUT2D eigenvalue weighted by Gasteiger charge is 2.59. The van der Waals surface area contributed by atoms with E-state index in [0.29, 0.717) is 5.56 Å². The van der Waals surface area contributed by atoms with Crippen molar-refractivity contribution in [2.75, 3.05) is 6.26 Å². The molecule has 2 nitrogen and oxygen atoms in total. The number of nitrogens with one attached hydrogen (secondary N) is 1. The summed E-state index contributed by atoms with van der Waals surface area (Å²) in [5.41, 5.74) is 0.332. The summed E-state index contributed by atoms with van der Waals surface area (Å²) in [5.74, 6) is 0. The molecular formula is C17H12Cl2F3NOS. The Labute approximate surface area is 156 Å². The number of hydrogen-bond donors (Lipinski definition) is 1. The molecule has 2 aromatic rings. The van der Waals surface area contributed by atoms with E-state index in [9.17, 15) is 13.2 Å². The molecule has 8 heteroatoms. The summed E-state index contributed by atoms with van der Waals surface area (Å²) < 4.78 is 41.6.